The van der Waals surface area contributed by atoms with Gasteiger partial charge in [0.05, 0.1) is 12.5 Å². The van der Waals surface area contributed by atoms with E-state index in [-0.39, 0.29) is 18.4 Å². The van der Waals surface area contributed by atoms with E-state index in [1.165, 1.54) is 6.92 Å². The molecule has 0 heterocycles. The maximum absolute atomic E-state index is 12.0. The second-order valence-electron chi connectivity index (χ2n) is 5.98. The summed E-state index contributed by atoms with van der Waals surface area (Å²) < 4.78 is 0. The van der Waals surface area contributed by atoms with Crippen molar-refractivity contribution >= 4 is 24.8 Å². The van der Waals surface area contributed by atoms with E-state index in [1.54, 1.807) is 0 Å². The van der Waals surface area contributed by atoms with Gasteiger partial charge in [0.2, 0.25) is 17.7 Å². The molecule has 9 heteroatoms. The summed E-state index contributed by atoms with van der Waals surface area (Å²) in [5.41, 5.74) is 0. The van der Waals surface area contributed by atoms with E-state index in [2.05, 4.69) is 16.0 Å². The first-order valence-electron chi connectivity index (χ1n) is 7.87. The van der Waals surface area contributed by atoms with Gasteiger partial charge in [0.25, 0.3) is 0 Å². The molecule has 0 saturated heterocycles. The smallest absolute Gasteiger partial charge is 0.426 e. The zero-order chi connectivity index (χ0) is 18.0. The van der Waals surface area contributed by atoms with Crippen molar-refractivity contribution in [3.63, 3.8) is 0 Å². The second-order valence-corrected chi connectivity index (χ2v) is 5.98. The molecule has 0 aromatic rings. The number of carbonyl (C=O) groups excluding carboxylic acids is 3. The maximum Gasteiger partial charge on any atom is 0.475 e. The average molecular weight is 329 g/mol. The molecule has 3 amide bonds. The number of nitrogens with one attached hydrogen (secondary N) is 3. The van der Waals surface area contributed by atoms with E-state index in [9.17, 15) is 24.4 Å². The molecule has 5 N–H and O–H groups in total. The predicted octanol–water partition coefficient (Wildman–Crippen LogP) is -1.05. The lowest BCUT2D eigenvalue weighted by Gasteiger charge is -2.20. The molecule has 0 fully saturated rings. The zero-order valence-corrected chi connectivity index (χ0v) is 14.3. The molecule has 23 heavy (non-hydrogen) atoms. The molecule has 0 radical (unpaired) electrons. The van der Waals surface area contributed by atoms with Crippen LogP contribution >= 0.6 is 0 Å². The lowest BCUT2D eigenvalue weighted by atomic mass is 9.75. The van der Waals surface area contributed by atoms with Crippen LogP contribution in [0.3, 0.4) is 0 Å². The lowest BCUT2D eigenvalue weighted by Crippen LogP contribution is -2.52. The molecule has 0 aromatic heterocycles. The van der Waals surface area contributed by atoms with Gasteiger partial charge in [-0.15, -0.1) is 0 Å². The van der Waals surface area contributed by atoms with E-state index in [1.807, 2.05) is 20.8 Å². The Hall–Kier alpha value is -1.61. The maximum atomic E-state index is 12.0. The van der Waals surface area contributed by atoms with E-state index in [0.29, 0.717) is 19.3 Å². The minimum Gasteiger partial charge on any atom is -0.426 e. The molecule has 0 bridgehead atoms. The highest BCUT2D eigenvalue weighted by Crippen LogP contribution is 2.05. The van der Waals surface area contributed by atoms with Crippen molar-refractivity contribution in [2.24, 2.45) is 5.92 Å². The van der Waals surface area contributed by atoms with Crippen LogP contribution in [0, 0.1) is 5.92 Å². The van der Waals surface area contributed by atoms with Crippen LogP contribution in [0.1, 0.15) is 47.0 Å². The Morgan fingerprint density at radius 1 is 1.13 bits per heavy atom. The van der Waals surface area contributed by atoms with Crippen molar-refractivity contribution in [2.45, 2.75) is 58.9 Å². The summed E-state index contributed by atoms with van der Waals surface area (Å²) in [6, 6.07) is -0.680. The van der Waals surface area contributed by atoms with Crippen LogP contribution in [-0.4, -0.2) is 53.4 Å². The fourth-order valence-corrected chi connectivity index (χ4v) is 2.11. The molecule has 2 atom stereocenters. The zero-order valence-electron chi connectivity index (χ0n) is 14.3. The Kier molecular flexibility index (Phi) is 10.2. The third-order valence-corrected chi connectivity index (χ3v) is 3.13. The predicted molar refractivity (Wildman–Crippen MR) is 87.1 cm³/mol. The van der Waals surface area contributed by atoms with Gasteiger partial charge in [-0.2, -0.15) is 0 Å². The van der Waals surface area contributed by atoms with Gasteiger partial charge in [-0.3, -0.25) is 14.4 Å². The fourth-order valence-electron chi connectivity index (χ4n) is 2.11. The second kappa shape index (κ2) is 11.0. The van der Waals surface area contributed by atoms with Crippen LogP contribution in [0.25, 0.3) is 0 Å². The van der Waals surface area contributed by atoms with Crippen molar-refractivity contribution in [1.82, 2.24) is 16.0 Å². The van der Waals surface area contributed by atoms with Gasteiger partial charge < -0.3 is 26.0 Å². The highest BCUT2D eigenvalue weighted by Gasteiger charge is 2.26. The summed E-state index contributed by atoms with van der Waals surface area (Å²) in [6.07, 6.45) is 1.58. The summed E-state index contributed by atoms with van der Waals surface area (Å²) in [6.45, 7) is 6.70. The number of carbonyl (C=O) groups is 3. The number of rotatable bonds is 10. The average Bonchev–Trinajstić information content (AvgIpc) is 2.42. The first kappa shape index (κ1) is 21.4. The van der Waals surface area contributed by atoms with Crippen LogP contribution in [0.5, 0.6) is 0 Å². The van der Waals surface area contributed by atoms with E-state index in [4.69, 9.17) is 0 Å². The summed E-state index contributed by atoms with van der Waals surface area (Å²) in [5.74, 6) is -1.90. The van der Waals surface area contributed by atoms with Crippen LogP contribution in [0.4, 0.5) is 0 Å². The molecular formula is C14H28BN3O5. The molecule has 0 aliphatic rings. The Morgan fingerprint density at radius 3 is 2.17 bits per heavy atom. The molecule has 0 aliphatic heterocycles. The number of amides is 3. The van der Waals surface area contributed by atoms with Crippen molar-refractivity contribution in [1.29, 1.82) is 0 Å². The fraction of sp³-hybridized carbons (Fsp3) is 0.786. The Labute approximate surface area is 137 Å². The number of hydrogen-bond acceptors (Lipinski definition) is 5. The molecule has 0 aromatic carbocycles. The molecular weight excluding hydrogens is 301 g/mol. The van der Waals surface area contributed by atoms with Crippen LogP contribution in [0.15, 0.2) is 0 Å². The summed E-state index contributed by atoms with van der Waals surface area (Å²) in [7, 11) is -1.66. The van der Waals surface area contributed by atoms with Gasteiger partial charge >= 0.3 is 7.12 Å². The minimum atomic E-state index is -1.66. The van der Waals surface area contributed by atoms with Gasteiger partial charge in [0, 0.05) is 6.92 Å². The van der Waals surface area contributed by atoms with Gasteiger partial charge in [-0.05, 0) is 18.8 Å². The molecule has 0 spiro atoms. The third-order valence-electron chi connectivity index (χ3n) is 3.13. The van der Waals surface area contributed by atoms with Crippen LogP contribution in [-0.2, 0) is 14.4 Å². The largest absolute Gasteiger partial charge is 0.475 e. The standard InChI is InChI=1S/C14H28BN3O5/c1-5-6-11(17-10(4)19)14(21)16-8-13(20)18-12(15(22)23)7-9(2)3/h9,11-12,22-23H,5-8H2,1-4H3,(H,16,21)(H,17,19)(H,18,20). The monoisotopic (exact) mass is 329 g/mol. The third kappa shape index (κ3) is 9.91. The molecule has 2 unspecified atom stereocenters. The van der Waals surface area contributed by atoms with Crippen molar-refractivity contribution in [3.8, 4) is 0 Å². The molecule has 0 saturated carbocycles. The van der Waals surface area contributed by atoms with Gasteiger partial charge in [0.15, 0.2) is 0 Å². The van der Waals surface area contributed by atoms with Gasteiger partial charge in [0.1, 0.15) is 6.04 Å². The molecule has 0 aliphatic carbocycles. The van der Waals surface area contributed by atoms with E-state index >= 15 is 0 Å². The Balaban J connectivity index is 4.43. The Morgan fingerprint density at radius 2 is 1.74 bits per heavy atom. The van der Waals surface area contributed by atoms with Crippen LogP contribution < -0.4 is 16.0 Å². The normalized spacial score (nSPS) is 13.2. The lowest BCUT2D eigenvalue weighted by molar-refractivity contribution is -0.130. The van der Waals surface area contributed by atoms with E-state index < -0.39 is 30.9 Å². The van der Waals surface area contributed by atoms with Crippen molar-refractivity contribution in [2.75, 3.05) is 6.54 Å². The van der Waals surface area contributed by atoms with Gasteiger partial charge in [-0.1, -0.05) is 27.2 Å². The first-order valence-corrected chi connectivity index (χ1v) is 7.87. The highest BCUT2D eigenvalue weighted by molar-refractivity contribution is 6.43. The minimum absolute atomic E-state index is 0.172. The molecule has 132 valence electrons. The summed E-state index contributed by atoms with van der Waals surface area (Å²) in [5, 5.41) is 25.9. The summed E-state index contributed by atoms with van der Waals surface area (Å²) in [4.78, 5) is 34.8. The van der Waals surface area contributed by atoms with E-state index in [0.717, 1.165) is 0 Å². The first-order chi connectivity index (χ1) is 10.7. The van der Waals surface area contributed by atoms with Crippen molar-refractivity contribution < 1.29 is 24.4 Å². The quantitative estimate of drug-likeness (QED) is 0.327. The van der Waals surface area contributed by atoms with Crippen LogP contribution in [0.2, 0.25) is 0 Å². The topological polar surface area (TPSA) is 128 Å². The van der Waals surface area contributed by atoms with Gasteiger partial charge in [-0.25, -0.2) is 0 Å². The summed E-state index contributed by atoms with van der Waals surface area (Å²) >= 11 is 0. The SMILES string of the molecule is CCCC(NC(C)=O)C(=O)NCC(=O)NC(CC(C)C)B(O)O. The Bertz CT molecular complexity index is 404. The number of hydrogen-bond donors (Lipinski definition) is 5. The molecule has 8 nitrogen and oxygen atoms in total. The highest BCUT2D eigenvalue weighted by atomic mass is 16.4. The van der Waals surface area contributed by atoms with Crippen molar-refractivity contribution in [3.05, 3.63) is 0 Å². The molecule has 0 rings (SSSR count).